The number of nitrogens with zero attached hydrogens (tertiary/aromatic N) is 4. The van der Waals surface area contributed by atoms with Gasteiger partial charge in [-0.25, -0.2) is 9.37 Å². The summed E-state index contributed by atoms with van der Waals surface area (Å²) in [7, 11) is 0. The maximum absolute atomic E-state index is 14.7. The van der Waals surface area contributed by atoms with Crippen LogP contribution in [0.4, 0.5) is 4.39 Å². The first-order valence-electron chi connectivity index (χ1n) is 9.21. The van der Waals surface area contributed by atoms with Crippen LogP contribution in [0.5, 0.6) is 0 Å². The lowest BCUT2D eigenvalue weighted by atomic mass is 10.1. The van der Waals surface area contributed by atoms with Crippen molar-refractivity contribution in [3.05, 3.63) is 47.8 Å². The fourth-order valence-corrected chi connectivity index (χ4v) is 3.30. The van der Waals surface area contributed by atoms with Crippen LogP contribution < -0.4 is 0 Å². The van der Waals surface area contributed by atoms with Crippen LogP contribution in [0.3, 0.4) is 0 Å². The van der Waals surface area contributed by atoms with Gasteiger partial charge < -0.3 is 9.72 Å². The third kappa shape index (κ3) is 2.83. The third-order valence-electron chi connectivity index (χ3n) is 5.07. The van der Waals surface area contributed by atoms with E-state index in [2.05, 4.69) is 15.1 Å². The average Bonchev–Trinajstić information content (AvgIpc) is 3.25. The Labute approximate surface area is 156 Å². The highest BCUT2D eigenvalue weighted by atomic mass is 19.1. The Bertz CT molecular complexity index is 1050. The van der Waals surface area contributed by atoms with Crippen molar-refractivity contribution >= 4 is 16.8 Å². The predicted octanol–water partition coefficient (Wildman–Crippen LogP) is 4.00. The molecule has 0 radical (unpaired) electrons. The molecule has 0 unspecified atom stereocenters. The zero-order valence-corrected chi connectivity index (χ0v) is 15.2. The molecule has 2 aliphatic rings. The summed E-state index contributed by atoms with van der Waals surface area (Å²) in [4.78, 5) is 12.3. The number of halogens is 1. The fourth-order valence-electron chi connectivity index (χ4n) is 3.30. The number of aromatic nitrogens is 3. The summed E-state index contributed by atoms with van der Waals surface area (Å²) in [6, 6.07) is 3.46. The first-order chi connectivity index (χ1) is 13.1. The summed E-state index contributed by atoms with van der Waals surface area (Å²) in [5, 5.41) is 7.08. The van der Waals surface area contributed by atoms with E-state index in [1.54, 1.807) is 17.3 Å². The van der Waals surface area contributed by atoms with Crippen LogP contribution in [0.15, 0.2) is 35.8 Å². The van der Waals surface area contributed by atoms with Gasteiger partial charge in [0.05, 0.1) is 23.1 Å². The quantitative estimate of drug-likeness (QED) is 0.759. The van der Waals surface area contributed by atoms with Crippen molar-refractivity contribution < 1.29 is 9.13 Å². The lowest BCUT2D eigenvalue weighted by Crippen LogP contribution is -2.22. The lowest BCUT2D eigenvalue weighted by molar-refractivity contribution is 0.138. The van der Waals surface area contributed by atoms with Crippen molar-refractivity contribution in [3.8, 4) is 11.3 Å². The van der Waals surface area contributed by atoms with Crippen LogP contribution in [-0.4, -0.2) is 38.6 Å². The number of H-pyrrole nitrogens is 1. The number of hydrazone groups is 1. The third-order valence-corrected chi connectivity index (χ3v) is 5.07. The number of nitrogens with one attached hydrogen (secondary N) is 1. The minimum atomic E-state index is -0.363. The molecule has 1 aromatic carbocycles. The Hall–Kier alpha value is -2.96. The highest BCUT2D eigenvalue weighted by molar-refractivity contribution is 6.02. The highest BCUT2D eigenvalue weighted by Crippen LogP contribution is 2.39. The molecule has 1 aliphatic heterocycles. The summed E-state index contributed by atoms with van der Waals surface area (Å²) in [5.74, 6) is 0.477. The van der Waals surface area contributed by atoms with Gasteiger partial charge in [0.25, 0.3) is 0 Å². The van der Waals surface area contributed by atoms with Crippen LogP contribution in [-0.2, 0) is 4.74 Å². The smallest absolute Gasteiger partial charge is 0.243 e. The summed E-state index contributed by atoms with van der Waals surface area (Å²) < 4.78 is 20.3. The van der Waals surface area contributed by atoms with E-state index in [0.29, 0.717) is 29.6 Å². The Morgan fingerprint density at radius 2 is 2.07 bits per heavy atom. The molecule has 6 nitrogen and oxygen atoms in total. The van der Waals surface area contributed by atoms with Gasteiger partial charge in [0.15, 0.2) is 6.73 Å². The van der Waals surface area contributed by atoms with Gasteiger partial charge in [-0.05, 0) is 38.8 Å². The monoisotopic (exact) mass is 365 g/mol. The Kier molecular flexibility index (Phi) is 3.63. The van der Waals surface area contributed by atoms with E-state index in [0.717, 1.165) is 22.3 Å². The Morgan fingerprint density at radius 3 is 2.81 bits per heavy atom. The number of benzene rings is 1. The van der Waals surface area contributed by atoms with Crippen molar-refractivity contribution in [3.63, 3.8) is 0 Å². The molecule has 1 fully saturated rings. The predicted molar refractivity (Wildman–Crippen MR) is 101 cm³/mol. The largest absolute Gasteiger partial charge is 0.453 e. The summed E-state index contributed by atoms with van der Waals surface area (Å²) >= 11 is 0. The second-order valence-corrected chi connectivity index (χ2v) is 7.40. The average molecular weight is 365 g/mol. The zero-order valence-electron chi connectivity index (χ0n) is 15.2. The van der Waals surface area contributed by atoms with Crippen molar-refractivity contribution in [2.24, 2.45) is 5.10 Å². The first-order valence-corrected chi connectivity index (χ1v) is 9.21. The van der Waals surface area contributed by atoms with Crippen LogP contribution in [0.2, 0.25) is 0 Å². The van der Waals surface area contributed by atoms with Gasteiger partial charge >= 0.3 is 0 Å². The minimum absolute atomic E-state index is 0.192. The molecule has 1 N–H and O–H groups in total. The number of fused-ring (bicyclic) bond motifs is 1. The van der Waals surface area contributed by atoms with Gasteiger partial charge in [-0.15, -0.1) is 5.10 Å². The molecule has 0 amide bonds. The molecule has 0 saturated heterocycles. The van der Waals surface area contributed by atoms with E-state index >= 15 is 0 Å². The summed E-state index contributed by atoms with van der Waals surface area (Å²) in [6.07, 6.45) is 7.78. The Balaban J connectivity index is 1.60. The molecular formula is C20H20FN5O. The molecule has 138 valence electrons. The second kappa shape index (κ2) is 6.04. The molecule has 3 heterocycles. The molecule has 5 rings (SSSR count). The zero-order chi connectivity index (χ0) is 18.5. The molecule has 27 heavy (non-hydrogen) atoms. The molecule has 3 aromatic rings. The standard InChI is InChI=1S/C20H20FN5O/c1-11(2)26-10-27-20(25-26)14-5-13-15(7-23-17(13)6-16(14)21)19-9-22-8-18(24-19)12-3-4-12/h5-9,11-12,23H,3-4,10H2,1-2H3. The molecule has 0 spiro atoms. The topological polar surface area (TPSA) is 66.4 Å². The molecule has 1 aliphatic carbocycles. The van der Waals surface area contributed by atoms with Gasteiger partial charge in [-0.3, -0.25) is 9.99 Å². The SMILES string of the molecule is CC(C)N1COC(c2cc3c(-c4cncc(C5CC5)n4)c[nH]c3cc2F)=N1. The van der Waals surface area contributed by atoms with Crippen LogP contribution >= 0.6 is 0 Å². The molecule has 2 aromatic heterocycles. The fraction of sp³-hybridized carbons (Fsp3) is 0.350. The van der Waals surface area contributed by atoms with Crippen molar-refractivity contribution in [1.82, 2.24) is 20.0 Å². The normalized spacial score (nSPS) is 16.9. The van der Waals surface area contributed by atoms with E-state index in [4.69, 9.17) is 9.72 Å². The minimum Gasteiger partial charge on any atom is -0.453 e. The van der Waals surface area contributed by atoms with E-state index < -0.39 is 0 Å². The second-order valence-electron chi connectivity index (χ2n) is 7.40. The molecule has 1 saturated carbocycles. The Morgan fingerprint density at radius 1 is 1.22 bits per heavy atom. The maximum Gasteiger partial charge on any atom is 0.243 e. The van der Waals surface area contributed by atoms with Crippen molar-refractivity contribution in [1.29, 1.82) is 0 Å². The lowest BCUT2D eigenvalue weighted by Gasteiger charge is -2.14. The van der Waals surface area contributed by atoms with Crippen LogP contribution in [0.1, 0.15) is 43.9 Å². The van der Waals surface area contributed by atoms with Gasteiger partial charge in [-0.2, -0.15) is 0 Å². The van der Waals surface area contributed by atoms with Gasteiger partial charge in [-0.1, -0.05) is 0 Å². The van der Waals surface area contributed by atoms with E-state index in [-0.39, 0.29) is 11.9 Å². The molecule has 7 heteroatoms. The summed E-state index contributed by atoms with van der Waals surface area (Å²) in [5.41, 5.74) is 3.80. The first kappa shape index (κ1) is 16.2. The number of hydrogen-bond donors (Lipinski definition) is 1. The van der Waals surface area contributed by atoms with Crippen LogP contribution in [0.25, 0.3) is 22.2 Å². The molecule has 0 atom stereocenters. The highest BCUT2D eigenvalue weighted by Gasteiger charge is 2.26. The van der Waals surface area contributed by atoms with Crippen molar-refractivity contribution in [2.45, 2.75) is 38.6 Å². The number of hydrogen-bond acceptors (Lipinski definition) is 5. The van der Waals surface area contributed by atoms with E-state index in [1.165, 1.54) is 18.9 Å². The van der Waals surface area contributed by atoms with Gasteiger partial charge in [0.2, 0.25) is 5.90 Å². The van der Waals surface area contributed by atoms with Crippen LogP contribution in [0, 0.1) is 5.82 Å². The number of ether oxygens (including phenoxy) is 1. The molecule has 0 bridgehead atoms. The maximum atomic E-state index is 14.7. The number of aromatic amines is 1. The number of rotatable bonds is 4. The summed E-state index contributed by atoms with van der Waals surface area (Å²) in [6.45, 7) is 4.37. The van der Waals surface area contributed by atoms with E-state index in [9.17, 15) is 4.39 Å². The van der Waals surface area contributed by atoms with Gasteiger partial charge in [0, 0.05) is 40.8 Å². The van der Waals surface area contributed by atoms with Crippen molar-refractivity contribution in [2.75, 3.05) is 6.73 Å². The van der Waals surface area contributed by atoms with Gasteiger partial charge in [0.1, 0.15) is 5.82 Å². The van der Waals surface area contributed by atoms with E-state index in [1.807, 2.05) is 26.2 Å². The molecular weight excluding hydrogens is 345 g/mol.